The van der Waals surface area contributed by atoms with Crippen LogP contribution < -0.4 is 0 Å². The minimum atomic E-state index is 1.34. The Hall–Kier alpha value is -0.700. The van der Waals surface area contributed by atoms with Crippen molar-refractivity contribution in [2.45, 2.75) is 0 Å². The molecule has 1 aromatic rings. The van der Waals surface area contributed by atoms with Gasteiger partial charge in [0.05, 0.1) is 0 Å². The molecule has 0 bridgehead atoms. The summed E-state index contributed by atoms with van der Waals surface area (Å²) in [6, 6.07) is 2.19. The van der Waals surface area contributed by atoms with Crippen molar-refractivity contribution in [3.8, 4) is 0 Å². The second-order valence-corrected chi connectivity index (χ2v) is 4.98. The molecule has 1 aliphatic rings. The lowest BCUT2D eigenvalue weighted by atomic mass is 10.2. The van der Waals surface area contributed by atoms with E-state index in [1.54, 1.807) is 0 Å². The van der Waals surface area contributed by atoms with Crippen molar-refractivity contribution in [1.29, 1.82) is 0 Å². The first-order valence-corrected chi connectivity index (χ1v) is 6.36. The molecular formula is C10H8P2. The molecule has 0 unspecified atom stereocenters. The first-order chi connectivity index (χ1) is 5.97. The SMILES string of the molecule is C1=CC=Cc2ppccc2C=C1. The van der Waals surface area contributed by atoms with Crippen LogP contribution in [0.5, 0.6) is 0 Å². The van der Waals surface area contributed by atoms with E-state index in [4.69, 9.17) is 0 Å². The second-order valence-electron chi connectivity index (χ2n) is 2.47. The van der Waals surface area contributed by atoms with Crippen LogP contribution >= 0.6 is 15.7 Å². The molecule has 1 heterocycles. The summed E-state index contributed by atoms with van der Waals surface area (Å²) in [7, 11) is 2.77. The Kier molecular flexibility index (Phi) is 2.51. The molecule has 58 valence electrons. The molecule has 1 aromatic heterocycles. The van der Waals surface area contributed by atoms with E-state index in [2.05, 4.69) is 48.3 Å². The van der Waals surface area contributed by atoms with E-state index in [-0.39, 0.29) is 0 Å². The van der Waals surface area contributed by atoms with Gasteiger partial charge in [0.15, 0.2) is 0 Å². The largest absolute Gasteiger partial charge is 0.0622 e. The van der Waals surface area contributed by atoms with Gasteiger partial charge in [-0.3, -0.25) is 0 Å². The predicted octanol–water partition coefficient (Wildman–Crippen LogP) is 4.44. The quantitative estimate of drug-likeness (QED) is 0.567. The fourth-order valence-corrected chi connectivity index (χ4v) is 3.21. The fraction of sp³-hybridized carbons (Fsp3) is 0. The number of fused-ring (bicyclic) bond motifs is 1. The Morgan fingerprint density at radius 3 is 2.67 bits per heavy atom. The van der Waals surface area contributed by atoms with Gasteiger partial charge in [0.25, 0.3) is 0 Å². The van der Waals surface area contributed by atoms with Crippen LogP contribution in [0.15, 0.2) is 36.2 Å². The van der Waals surface area contributed by atoms with Crippen LogP contribution in [0.2, 0.25) is 0 Å². The minimum absolute atomic E-state index is 1.34. The zero-order chi connectivity index (χ0) is 8.23. The van der Waals surface area contributed by atoms with E-state index >= 15 is 0 Å². The van der Waals surface area contributed by atoms with Gasteiger partial charge in [-0.15, -0.1) is 0 Å². The molecule has 12 heavy (non-hydrogen) atoms. The smallest absolute Gasteiger partial charge is 0.0136 e. The first-order valence-electron chi connectivity index (χ1n) is 3.80. The Morgan fingerprint density at radius 1 is 0.917 bits per heavy atom. The highest BCUT2D eigenvalue weighted by molar-refractivity contribution is 7.90. The summed E-state index contributed by atoms with van der Waals surface area (Å²) in [5.41, 5.74) is 1.34. The van der Waals surface area contributed by atoms with Crippen LogP contribution in [0.1, 0.15) is 10.9 Å². The maximum atomic E-state index is 2.20. The van der Waals surface area contributed by atoms with E-state index in [0.29, 0.717) is 0 Å². The minimum Gasteiger partial charge on any atom is -0.0622 e. The molecule has 0 fully saturated rings. The standard InChI is InChI=1S/C10H8P2/c1-2-4-6-10-9(5-3-1)7-8-11-12-10/h1-8H. The summed E-state index contributed by atoms with van der Waals surface area (Å²) in [4.78, 5) is 0. The lowest BCUT2D eigenvalue weighted by molar-refractivity contribution is 1.77. The summed E-state index contributed by atoms with van der Waals surface area (Å²) in [5, 5.41) is 1.42. The van der Waals surface area contributed by atoms with Crippen LogP contribution in [-0.4, -0.2) is 0 Å². The number of allylic oxidation sites excluding steroid dienone is 4. The average molecular weight is 190 g/mol. The van der Waals surface area contributed by atoms with E-state index in [1.807, 2.05) is 0 Å². The van der Waals surface area contributed by atoms with Crippen molar-refractivity contribution >= 4 is 27.9 Å². The number of hydrogen-bond donors (Lipinski definition) is 0. The lowest BCUT2D eigenvalue weighted by Gasteiger charge is -1.98. The fourth-order valence-electron chi connectivity index (χ4n) is 1.06. The second kappa shape index (κ2) is 3.81. The van der Waals surface area contributed by atoms with Crippen molar-refractivity contribution in [2.75, 3.05) is 0 Å². The third-order valence-corrected chi connectivity index (χ3v) is 4.06. The Labute approximate surface area is 75.4 Å². The topological polar surface area (TPSA) is 0 Å². The molecule has 0 amide bonds. The van der Waals surface area contributed by atoms with E-state index < -0.39 is 0 Å². The molecule has 0 nitrogen and oxygen atoms in total. The van der Waals surface area contributed by atoms with E-state index in [1.165, 1.54) is 26.6 Å². The Morgan fingerprint density at radius 2 is 1.75 bits per heavy atom. The van der Waals surface area contributed by atoms with E-state index in [0.717, 1.165) is 0 Å². The normalized spacial score (nSPS) is 15.0. The monoisotopic (exact) mass is 190 g/mol. The molecule has 0 N–H and O–H groups in total. The number of rotatable bonds is 0. The maximum Gasteiger partial charge on any atom is 0.0136 e. The van der Waals surface area contributed by atoms with Crippen molar-refractivity contribution < 1.29 is 0 Å². The molecule has 0 atom stereocenters. The lowest BCUT2D eigenvalue weighted by Crippen LogP contribution is -1.74. The van der Waals surface area contributed by atoms with Gasteiger partial charge in [0.2, 0.25) is 0 Å². The van der Waals surface area contributed by atoms with Gasteiger partial charge in [-0.1, -0.05) is 30.4 Å². The van der Waals surface area contributed by atoms with Gasteiger partial charge in [0.1, 0.15) is 0 Å². The van der Waals surface area contributed by atoms with Gasteiger partial charge in [-0.25, -0.2) is 0 Å². The summed E-state index contributed by atoms with van der Waals surface area (Å²) in [6.07, 6.45) is 12.6. The third-order valence-electron chi connectivity index (χ3n) is 1.65. The predicted molar refractivity (Wildman–Crippen MR) is 58.7 cm³/mol. The zero-order valence-corrected chi connectivity index (χ0v) is 8.30. The van der Waals surface area contributed by atoms with E-state index in [9.17, 15) is 0 Å². The Balaban J connectivity index is 2.54. The summed E-state index contributed by atoms with van der Waals surface area (Å²) >= 11 is 0. The molecule has 2 heteroatoms. The zero-order valence-electron chi connectivity index (χ0n) is 6.51. The molecule has 0 aromatic carbocycles. The highest BCUT2D eigenvalue weighted by Gasteiger charge is 1.94. The van der Waals surface area contributed by atoms with Crippen molar-refractivity contribution in [3.63, 3.8) is 0 Å². The molecule has 2 rings (SSSR count). The molecule has 0 aliphatic heterocycles. The summed E-state index contributed by atoms with van der Waals surface area (Å²) < 4.78 is 0. The van der Waals surface area contributed by atoms with Gasteiger partial charge in [-0.05, 0) is 39.2 Å². The van der Waals surface area contributed by atoms with Gasteiger partial charge >= 0.3 is 0 Å². The average Bonchev–Trinajstić information content (AvgIpc) is 2.06. The molecule has 0 radical (unpaired) electrons. The molecule has 0 spiro atoms. The molecule has 0 saturated heterocycles. The van der Waals surface area contributed by atoms with Crippen LogP contribution in [-0.2, 0) is 0 Å². The van der Waals surface area contributed by atoms with Gasteiger partial charge in [0, 0.05) is 5.30 Å². The maximum absolute atomic E-state index is 2.20. The molecule has 1 aliphatic carbocycles. The Bertz CT molecular complexity index is 327. The third kappa shape index (κ3) is 1.72. The number of hydrogen-bond acceptors (Lipinski definition) is 0. The molecular weight excluding hydrogens is 182 g/mol. The van der Waals surface area contributed by atoms with Crippen LogP contribution in [0.3, 0.4) is 0 Å². The molecule has 0 saturated carbocycles. The van der Waals surface area contributed by atoms with Crippen LogP contribution in [0.25, 0.3) is 12.2 Å². The highest BCUT2D eigenvalue weighted by atomic mass is 31.8. The van der Waals surface area contributed by atoms with Gasteiger partial charge < -0.3 is 0 Å². The van der Waals surface area contributed by atoms with Crippen molar-refractivity contribution in [1.82, 2.24) is 0 Å². The van der Waals surface area contributed by atoms with Crippen LogP contribution in [0, 0.1) is 0 Å². The van der Waals surface area contributed by atoms with Crippen molar-refractivity contribution in [3.05, 3.63) is 47.0 Å². The summed E-state index contributed by atoms with van der Waals surface area (Å²) in [5.74, 6) is 2.20. The van der Waals surface area contributed by atoms with Crippen molar-refractivity contribution in [2.24, 2.45) is 0 Å². The first kappa shape index (κ1) is 7.92. The van der Waals surface area contributed by atoms with Gasteiger partial charge in [-0.2, -0.15) is 0 Å². The summed E-state index contributed by atoms with van der Waals surface area (Å²) in [6.45, 7) is 0. The van der Waals surface area contributed by atoms with Crippen LogP contribution in [0.4, 0.5) is 0 Å². The highest BCUT2D eigenvalue weighted by Crippen LogP contribution is 2.30.